The molecule has 2 aromatic carbocycles. The summed E-state index contributed by atoms with van der Waals surface area (Å²) in [5.41, 5.74) is 7.74. The van der Waals surface area contributed by atoms with Gasteiger partial charge >= 0.3 is 0 Å². The zero-order chi connectivity index (χ0) is 18.5. The lowest BCUT2D eigenvalue weighted by Crippen LogP contribution is -2.49. The van der Waals surface area contributed by atoms with Crippen molar-refractivity contribution in [1.29, 1.82) is 0 Å². The summed E-state index contributed by atoms with van der Waals surface area (Å²) in [7, 11) is 0. The van der Waals surface area contributed by atoms with Gasteiger partial charge in [-0.25, -0.2) is 4.39 Å². The van der Waals surface area contributed by atoms with E-state index in [2.05, 4.69) is 4.90 Å². The maximum Gasteiger partial charge on any atom is 0.224 e. The van der Waals surface area contributed by atoms with Gasteiger partial charge in [-0.15, -0.1) is 0 Å². The van der Waals surface area contributed by atoms with Gasteiger partial charge in [-0.05, 0) is 42.3 Å². The number of carbonyl (C=O) groups excluding carboxylic acids is 1. The first-order chi connectivity index (χ1) is 12.5. The average Bonchev–Trinajstić information content (AvgIpc) is 2.64. The molecule has 1 fully saturated rings. The molecule has 6 heteroatoms. The number of piperazine rings is 1. The van der Waals surface area contributed by atoms with Crippen LogP contribution in [-0.4, -0.2) is 43.0 Å². The van der Waals surface area contributed by atoms with Gasteiger partial charge in [-0.2, -0.15) is 0 Å². The van der Waals surface area contributed by atoms with Crippen molar-refractivity contribution in [3.63, 3.8) is 0 Å². The number of carbonyl (C=O) groups is 1. The van der Waals surface area contributed by atoms with Crippen molar-refractivity contribution in [2.45, 2.75) is 18.9 Å². The predicted molar refractivity (Wildman–Crippen MR) is 103 cm³/mol. The highest BCUT2D eigenvalue weighted by Crippen LogP contribution is 2.20. The molecule has 3 rings (SSSR count). The molecule has 1 saturated heterocycles. The van der Waals surface area contributed by atoms with E-state index < -0.39 is 0 Å². The maximum absolute atomic E-state index is 13.7. The molecular weight excluding hydrogens is 353 g/mol. The zero-order valence-electron chi connectivity index (χ0n) is 14.6. The number of hydrogen-bond acceptors (Lipinski definition) is 3. The molecule has 0 aromatic heterocycles. The third-order valence-electron chi connectivity index (χ3n) is 4.70. The van der Waals surface area contributed by atoms with Gasteiger partial charge < -0.3 is 15.5 Å². The van der Waals surface area contributed by atoms with Gasteiger partial charge in [0.25, 0.3) is 0 Å². The molecule has 0 bridgehead atoms. The average molecular weight is 376 g/mol. The second kappa shape index (κ2) is 8.52. The largest absolute Gasteiger partial charge is 0.368 e. The Kier molecular flexibility index (Phi) is 6.12. The number of benzene rings is 2. The maximum atomic E-state index is 13.7. The van der Waals surface area contributed by atoms with Gasteiger partial charge in [0.15, 0.2) is 0 Å². The van der Waals surface area contributed by atoms with E-state index in [4.69, 9.17) is 17.3 Å². The van der Waals surface area contributed by atoms with Gasteiger partial charge in [0.2, 0.25) is 5.91 Å². The van der Waals surface area contributed by atoms with Crippen molar-refractivity contribution in [2.24, 2.45) is 5.73 Å². The summed E-state index contributed by atoms with van der Waals surface area (Å²) >= 11 is 5.92. The monoisotopic (exact) mass is 375 g/mol. The van der Waals surface area contributed by atoms with Gasteiger partial charge in [0, 0.05) is 49.4 Å². The fourth-order valence-corrected chi connectivity index (χ4v) is 3.36. The Balaban J connectivity index is 1.49. The molecule has 1 heterocycles. The molecule has 4 nitrogen and oxygen atoms in total. The zero-order valence-corrected chi connectivity index (χ0v) is 15.3. The first-order valence-electron chi connectivity index (χ1n) is 8.80. The van der Waals surface area contributed by atoms with Gasteiger partial charge in [-0.1, -0.05) is 29.8 Å². The van der Waals surface area contributed by atoms with Crippen LogP contribution in [-0.2, 0) is 11.2 Å². The molecule has 1 aliphatic rings. The Morgan fingerprint density at radius 1 is 1.08 bits per heavy atom. The van der Waals surface area contributed by atoms with E-state index in [-0.39, 0.29) is 24.2 Å². The topological polar surface area (TPSA) is 49.6 Å². The Hall–Kier alpha value is -2.11. The normalized spacial score (nSPS) is 15.8. The van der Waals surface area contributed by atoms with Crippen LogP contribution in [0.5, 0.6) is 0 Å². The van der Waals surface area contributed by atoms with Gasteiger partial charge in [0.05, 0.1) is 0 Å². The second-order valence-electron chi connectivity index (χ2n) is 6.60. The quantitative estimate of drug-likeness (QED) is 0.873. The van der Waals surface area contributed by atoms with Crippen LogP contribution in [0.3, 0.4) is 0 Å². The number of rotatable bonds is 5. The van der Waals surface area contributed by atoms with E-state index in [1.807, 2.05) is 29.2 Å². The van der Waals surface area contributed by atoms with Crippen LogP contribution in [0, 0.1) is 5.82 Å². The minimum Gasteiger partial charge on any atom is -0.368 e. The number of nitrogens with two attached hydrogens (primary N) is 1. The number of halogens is 2. The van der Waals surface area contributed by atoms with Crippen molar-refractivity contribution in [3.05, 3.63) is 64.9 Å². The minimum atomic E-state index is -0.381. The predicted octanol–water partition coefficient (Wildman–Crippen LogP) is 3.09. The lowest BCUT2D eigenvalue weighted by molar-refractivity contribution is -0.131. The van der Waals surface area contributed by atoms with E-state index >= 15 is 0 Å². The lowest BCUT2D eigenvalue weighted by atomic mass is 10.0. The Labute approximate surface area is 158 Å². The molecule has 0 unspecified atom stereocenters. The molecule has 138 valence electrons. The van der Waals surface area contributed by atoms with Crippen LogP contribution in [0.4, 0.5) is 10.1 Å². The molecule has 26 heavy (non-hydrogen) atoms. The Morgan fingerprint density at radius 2 is 1.73 bits per heavy atom. The third-order valence-corrected chi connectivity index (χ3v) is 4.95. The summed E-state index contributed by atoms with van der Waals surface area (Å²) in [4.78, 5) is 16.6. The number of amides is 1. The molecule has 2 aromatic rings. The number of nitrogens with zero attached hydrogens (tertiary/aromatic N) is 2. The third kappa shape index (κ3) is 4.74. The first-order valence-corrected chi connectivity index (χ1v) is 9.18. The van der Waals surface area contributed by atoms with Crippen LogP contribution in [0.2, 0.25) is 5.02 Å². The molecule has 1 amide bonds. The fourth-order valence-electron chi connectivity index (χ4n) is 3.24. The van der Waals surface area contributed by atoms with Gasteiger partial charge in [0.1, 0.15) is 5.82 Å². The van der Waals surface area contributed by atoms with Crippen molar-refractivity contribution >= 4 is 23.2 Å². The first kappa shape index (κ1) is 18.7. The summed E-state index contributed by atoms with van der Waals surface area (Å²) in [6.45, 7) is 2.87. The summed E-state index contributed by atoms with van der Waals surface area (Å²) in [6, 6.07) is 13.9. The van der Waals surface area contributed by atoms with Crippen LogP contribution >= 0.6 is 11.6 Å². The lowest BCUT2D eigenvalue weighted by Gasteiger charge is -2.36. The molecule has 1 atom stereocenters. The van der Waals surface area contributed by atoms with Crippen LogP contribution in [0.15, 0.2) is 48.5 Å². The summed E-state index contributed by atoms with van der Waals surface area (Å²) < 4.78 is 13.7. The Bertz CT molecular complexity index is 745. The standard InChI is InChI=1S/C20H23ClFN3O/c21-16-5-7-18(8-6-16)24-9-11-25(12-10-24)20(26)14-17(23)13-15-3-1-2-4-19(15)22/h1-8,17H,9-14,23H2/t17-/m1/s1. The Morgan fingerprint density at radius 3 is 2.38 bits per heavy atom. The van der Waals surface area contributed by atoms with E-state index in [0.717, 1.165) is 18.8 Å². The molecule has 2 N–H and O–H groups in total. The van der Waals surface area contributed by atoms with Crippen molar-refractivity contribution in [3.8, 4) is 0 Å². The van der Waals surface area contributed by atoms with E-state index in [1.165, 1.54) is 6.07 Å². The van der Waals surface area contributed by atoms with E-state index in [0.29, 0.717) is 30.1 Å². The SMILES string of the molecule is N[C@@H](CC(=O)N1CCN(c2ccc(Cl)cc2)CC1)Cc1ccccc1F. The van der Waals surface area contributed by atoms with Crippen molar-refractivity contribution < 1.29 is 9.18 Å². The van der Waals surface area contributed by atoms with Crippen LogP contribution in [0.1, 0.15) is 12.0 Å². The molecule has 1 aliphatic heterocycles. The highest BCUT2D eigenvalue weighted by atomic mass is 35.5. The fraction of sp³-hybridized carbons (Fsp3) is 0.350. The molecule has 0 saturated carbocycles. The summed E-state index contributed by atoms with van der Waals surface area (Å²) in [5, 5.41) is 0.714. The highest BCUT2D eigenvalue weighted by Gasteiger charge is 2.23. The van der Waals surface area contributed by atoms with Crippen molar-refractivity contribution in [1.82, 2.24) is 4.90 Å². The summed E-state index contributed by atoms with van der Waals surface area (Å²) in [6.07, 6.45) is 0.596. The van der Waals surface area contributed by atoms with E-state index in [9.17, 15) is 9.18 Å². The number of anilines is 1. The van der Waals surface area contributed by atoms with Gasteiger partial charge in [-0.3, -0.25) is 4.79 Å². The molecule has 0 aliphatic carbocycles. The summed E-state index contributed by atoms with van der Waals surface area (Å²) in [5.74, 6) is -0.239. The molecule has 0 radical (unpaired) electrons. The van der Waals surface area contributed by atoms with Crippen molar-refractivity contribution in [2.75, 3.05) is 31.1 Å². The minimum absolute atomic E-state index is 0.0320. The molecule has 0 spiro atoms. The van der Waals surface area contributed by atoms with E-state index in [1.54, 1.807) is 18.2 Å². The van der Waals surface area contributed by atoms with Crippen LogP contribution < -0.4 is 10.6 Å². The number of hydrogen-bond donors (Lipinski definition) is 1. The smallest absolute Gasteiger partial charge is 0.224 e. The second-order valence-corrected chi connectivity index (χ2v) is 7.04. The molecular formula is C20H23ClFN3O. The van der Waals surface area contributed by atoms with Crippen LogP contribution in [0.25, 0.3) is 0 Å². The highest BCUT2D eigenvalue weighted by molar-refractivity contribution is 6.30.